The number of carbonyl (C=O) groups is 2. The van der Waals surface area contributed by atoms with Gasteiger partial charge in [-0.1, -0.05) is 0 Å². The van der Waals surface area contributed by atoms with Crippen molar-refractivity contribution in [2.75, 3.05) is 13.7 Å². The van der Waals surface area contributed by atoms with Gasteiger partial charge in [0, 0.05) is 18.3 Å². The third kappa shape index (κ3) is 4.80. The number of aldehydes is 1. The molecule has 0 saturated heterocycles. The lowest BCUT2D eigenvalue weighted by Gasteiger charge is -2.10. The quantitative estimate of drug-likeness (QED) is 0.564. The van der Waals surface area contributed by atoms with E-state index in [1.807, 2.05) is 6.07 Å². The summed E-state index contributed by atoms with van der Waals surface area (Å²) in [4.78, 5) is 25.6. The van der Waals surface area contributed by atoms with Gasteiger partial charge in [0.25, 0.3) is 0 Å². The number of nitrogens with one attached hydrogen (secondary N) is 1. The number of amides is 1. The maximum atomic E-state index is 11.0. The predicted molar refractivity (Wildman–Crippen MR) is 100 cm³/mol. The van der Waals surface area contributed by atoms with Crippen molar-refractivity contribution in [1.29, 1.82) is 0 Å². The largest absolute Gasteiger partial charge is 0.508 e. The van der Waals surface area contributed by atoms with Crippen molar-refractivity contribution in [3.05, 3.63) is 65.2 Å². The monoisotopic (exact) mass is 352 g/mol. The molecule has 0 saturated carbocycles. The maximum absolute atomic E-state index is 11.0. The second kappa shape index (κ2) is 9.17. The Bertz CT molecular complexity index is 839. The molecule has 0 unspecified atom stereocenters. The lowest BCUT2D eigenvalue weighted by Crippen LogP contribution is -2.12. The highest BCUT2D eigenvalue weighted by Gasteiger charge is 2.07. The summed E-state index contributed by atoms with van der Waals surface area (Å²) in [5.74, 6) is 0.773. The molecule has 0 spiro atoms. The standard InChI is InChI=1S/C20H20N2O4/c1-14-11-16(5-8-20(14)25)18(21-2)12-19(22-13-24)15-3-6-17(7-4-15)26-10-9-23/h3-9,11-13,25H,10H2,1-2H3,(H,22,24)/b19-12-,21-18?. The molecule has 0 radical (unpaired) electrons. The zero-order valence-electron chi connectivity index (χ0n) is 14.6. The van der Waals surface area contributed by atoms with Crippen molar-refractivity contribution in [3.63, 3.8) is 0 Å². The van der Waals surface area contributed by atoms with Gasteiger partial charge in [-0.15, -0.1) is 0 Å². The van der Waals surface area contributed by atoms with Gasteiger partial charge in [-0.3, -0.25) is 14.6 Å². The molecule has 2 N–H and O–H groups in total. The first-order valence-corrected chi connectivity index (χ1v) is 7.94. The van der Waals surface area contributed by atoms with E-state index in [1.54, 1.807) is 56.4 Å². The fourth-order valence-electron chi connectivity index (χ4n) is 2.36. The van der Waals surface area contributed by atoms with Gasteiger partial charge in [0.2, 0.25) is 6.41 Å². The van der Waals surface area contributed by atoms with E-state index < -0.39 is 0 Å². The number of phenolic OH excluding ortho intramolecular Hbond substituents is 1. The Morgan fingerprint density at radius 2 is 1.85 bits per heavy atom. The van der Waals surface area contributed by atoms with E-state index in [2.05, 4.69) is 10.3 Å². The minimum absolute atomic E-state index is 0.0124. The summed E-state index contributed by atoms with van der Waals surface area (Å²) in [6.45, 7) is 1.79. The smallest absolute Gasteiger partial charge is 0.211 e. The molecule has 0 atom stereocenters. The van der Waals surface area contributed by atoms with Crippen LogP contribution in [0.5, 0.6) is 11.5 Å². The Balaban J connectivity index is 2.35. The minimum atomic E-state index is -0.0124. The fourth-order valence-corrected chi connectivity index (χ4v) is 2.36. The van der Waals surface area contributed by atoms with Gasteiger partial charge < -0.3 is 15.2 Å². The van der Waals surface area contributed by atoms with Gasteiger partial charge in [-0.05, 0) is 66.6 Å². The second-order valence-corrected chi connectivity index (χ2v) is 5.43. The van der Waals surface area contributed by atoms with E-state index in [9.17, 15) is 14.7 Å². The lowest BCUT2D eigenvalue weighted by atomic mass is 10.0. The Labute approximate surface area is 151 Å². The van der Waals surface area contributed by atoms with Crippen LogP contribution in [-0.2, 0) is 9.59 Å². The number of allylic oxidation sites excluding steroid dienone is 1. The molecule has 0 fully saturated rings. The highest BCUT2D eigenvalue weighted by molar-refractivity contribution is 6.12. The van der Waals surface area contributed by atoms with Crippen LogP contribution in [0.1, 0.15) is 16.7 Å². The van der Waals surface area contributed by atoms with E-state index in [0.29, 0.717) is 29.9 Å². The number of hydrogen-bond donors (Lipinski definition) is 2. The van der Waals surface area contributed by atoms with Crippen molar-refractivity contribution in [2.24, 2.45) is 4.99 Å². The van der Waals surface area contributed by atoms with E-state index >= 15 is 0 Å². The number of benzene rings is 2. The second-order valence-electron chi connectivity index (χ2n) is 5.43. The Hall–Kier alpha value is -3.41. The van der Waals surface area contributed by atoms with Gasteiger partial charge >= 0.3 is 0 Å². The van der Waals surface area contributed by atoms with Crippen molar-refractivity contribution < 1.29 is 19.4 Å². The number of aryl methyl sites for hydroxylation is 1. The zero-order chi connectivity index (χ0) is 18.9. The molecule has 2 rings (SSSR count). The van der Waals surface area contributed by atoms with Gasteiger partial charge in [0.05, 0.1) is 5.71 Å². The molecule has 0 heterocycles. The Morgan fingerprint density at radius 3 is 2.42 bits per heavy atom. The first kappa shape index (κ1) is 18.9. The third-order valence-electron chi connectivity index (χ3n) is 3.71. The molecular formula is C20H20N2O4. The van der Waals surface area contributed by atoms with Gasteiger partial charge in [0.1, 0.15) is 18.1 Å². The van der Waals surface area contributed by atoms with Crippen LogP contribution < -0.4 is 10.1 Å². The molecule has 0 aromatic heterocycles. The first-order chi connectivity index (χ1) is 12.6. The number of nitrogens with zero attached hydrogens (tertiary/aromatic N) is 1. The van der Waals surface area contributed by atoms with Gasteiger partial charge in [-0.25, -0.2) is 0 Å². The SMILES string of the molecule is CN=C(/C=C(\NC=O)c1ccc(OCC=O)cc1)c1ccc(O)c(C)c1. The number of aromatic hydroxyl groups is 1. The van der Waals surface area contributed by atoms with Crippen LogP contribution in [0, 0.1) is 6.92 Å². The molecule has 26 heavy (non-hydrogen) atoms. The number of aliphatic imine (C=N–C) groups is 1. The number of hydrogen-bond acceptors (Lipinski definition) is 5. The molecule has 6 nitrogen and oxygen atoms in total. The summed E-state index contributed by atoms with van der Waals surface area (Å²) in [5, 5.41) is 12.4. The van der Waals surface area contributed by atoms with Crippen LogP contribution in [0.25, 0.3) is 5.70 Å². The molecule has 0 aliphatic heterocycles. The summed E-state index contributed by atoms with van der Waals surface area (Å²) >= 11 is 0. The van der Waals surface area contributed by atoms with Crippen LogP contribution in [0.4, 0.5) is 0 Å². The average molecular weight is 352 g/mol. The van der Waals surface area contributed by atoms with Crippen LogP contribution in [0.15, 0.2) is 53.5 Å². The molecule has 6 heteroatoms. The summed E-state index contributed by atoms with van der Waals surface area (Å²) in [6.07, 6.45) is 3.02. The molecular weight excluding hydrogens is 332 g/mol. The molecule has 0 bridgehead atoms. The molecule has 0 aliphatic carbocycles. The molecule has 134 valence electrons. The van der Waals surface area contributed by atoms with E-state index in [0.717, 1.165) is 16.7 Å². The number of rotatable bonds is 8. The van der Waals surface area contributed by atoms with Crippen LogP contribution >= 0.6 is 0 Å². The summed E-state index contributed by atoms with van der Waals surface area (Å²) < 4.78 is 5.22. The Morgan fingerprint density at radius 1 is 1.15 bits per heavy atom. The van der Waals surface area contributed by atoms with Crippen molar-refractivity contribution in [2.45, 2.75) is 6.92 Å². The van der Waals surface area contributed by atoms with Crippen molar-refractivity contribution >= 4 is 24.1 Å². The van der Waals surface area contributed by atoms with Crippen LogP contribution in [0.2, 0.25) is 0 Å². The molecule has 0 aliphatic rings. The molecule has 1 amide bonds. The summed E-state index contributed by atoms with van der Waals surface area (Å²) in [5.41, 5.74) is 3.52. The van der Waals surface area contributed by atoms with Crippen LogP contribution in [-0.4, -0.2) is 37.2 Å². The Kier molecular flexibility index (Phi) is 6.68. The topological polar surface area (TPSA) is 88.0 Å². The number of phenols is 1. The van der Waals surface area contributed by atoms with Crippen molar-refractivity contribution in [1.82, 2.24) is 5.32 Å². The summed E-state index contributed by atoms with van der Waals surface area (Å²) in [6, 6.07) is 12.2. The maximum Gasteiger partial charge on any atom is 0.211 e. The van der Waals surface area contributed by atoms with E-state index in [1.165, 1.54) is 0 Å². The lowest BCUT2D eigenvalue weighted by molar-refractivity contribution is -0.109. The highest BCUT2D eigenvalue weighted by Crippen LogP contribution is 2.21. The fraction of sp³-hybridized carbons (Fsp3) is 0.150. The van der Waals surface area contributed by atoms with E-state index in [4.69, 9.17) is 4.74 Å². The zero-order valence-corrected chi connectivity index (χ0v) is 14.6. The van der Waals surface area contributed by atoms with E-state index in [-0.39, 0.29) is 12.4 Å². The predicted octanol–water partition coefficient (Wildman–Crippen LogP) is 2.48. The van der Waals surface area contributed by atoms with Crippen molar-refractivity contribution in [3.8, 4) is 11.5 Å². The molecule has 2 aromatic rings. The third-order valence-corrected chi connectivity index (χ3v) is 3.71. The minimum Gasteiger partial charge on any atom is -0.508 e. The highest BCUT2D eigenvalue weighted by atomic mass is 16.5. The van der Waals surface area contributed by atoms with Crippen LogP contribution in [0.3, 0.4) is 0 Å². The summed E-state index contributed by atoms with van der Waals surface area (Å²) in [7, 11) is 1.66. The normalized spacial score (nSPS) is 11.8. The van der Waals surface area contributed by atoms with Gasteiger partial charge in [0.15, 0.2) is 6.29 Å². The number of carbonyl (C=O) groups excluding carboxylic acids is 2. The molecule has 2 aromatic carbocycles. The first-order valence-electron chi connectivity index (χ1n) is 7.94. The number of ether oxygens (including phenoxy) is 1. The average Bonchev–Trinajstić information content (AvgIpc) is 2.66. The van der Waals surface area contributed by atoms with Gasteiger partial charge in [-0.2, -0.15) is 0 Å².